The largest absolute Gasteiger partial charge is 0.496 e. The van der Waals surface area contributed by atoms with Crippen molar-refractivity contribution in [2.75, 3.05) is 7.11 Å². The molecule has 0 fully saturated rings. The first-order chi connectivity index (χ1) is 8.22. The molecule has 0 amide bonds. The second kappa shape index (κ2) is 4.93. The highest BCUT2D eigenvalue weighted by molar-refractivity contribution is 5.38. The maximum atomic E-state index is 10.1. The molecule has 2 aromatic rings. The third-order valence-corrected chi connectivity index (χ3v) is 2.60. The van der Waals surface area contributed by atoms with Crippen LogP contribution in [0, 0.1) is 6.92 Å². The van der Waals surface area contributed by atoms with Crippen molar-refractivity contribution >= 4 is 0 Å². The van der Waals surface area contributed by atoms with Gasteiger partial charge in [0.2, 0.25) is 0 Å². The van der Waals surface area contributed by atoms with Gasteiger partial charge in [0.1, 0.15) is 11.9 Å². The fourth-order valence-electron chi connectivity index (χ4n) is 1.69. The lowest BCUT2D eigenvalue weighted by molar-refractivity contribution is 0.214. The smallest absolute Gasteiger partial charge is 0.123 e. The Labute approximate surface area is 99.9 Å². The summed E-state index contributed by atoms with van der Waals surface area (Å²) >= 11 is 0. The van der Waals surface area contributed by atoms with Crippen molar-refractivity contribution in [3.8, 4) is 5.75 Å². The minimum absolute atomic E-state index is 0.539. The summed E-state index contributed by atoms with van der Waals surface area (Å²) in [6.07, 6.45) is 3.95. The first kappa shape index (κ1) is 11.5. The van der Waals surface area contributed by atoms with E-state index in [1.165, 1.54) is 0 Å². The van der Waals surface area contributed by atoms with Crippen LogP contribution in [0.4, 0.5) is 0 Å². The predicted molar refractivity (Wildman–Crippen MR) is 63.8 cm³/mol. The molecule has 0 radical (unpaired) electrons. The standard InChI is InChI=1S/C13H14N2O2/c1-9-7-10(3-4-12(9)17-2)13(16)11-8-14-5-6-15-11/h3-8,13,16H,1-2H3. The van der Waals surface area contributed by atoms with Crippen LogP contribution in [-0.2, 0) is 0 Å². The number of aliphatic hydroxyl groups excluding tert-OH is 1. The number of ether oxygens (including phenoxy) is 1. The zero-order chi connectivity index (χ0) is 12.3. The van der Waals surface area contributed by atoms with Gasteiger partial charge in [-0.05, 0) is 30.2 Å². The molecule has 0 aliphatic rings. The van der Waals surface area contributed by atoms with Crippen molar-refractivity contribution < 1.29 is 9.84 Å². The predicted octanol–water partition coefficient (Wildman–Crippen LogP) is 1.88. The lowest BCUT2D eigenvalue weighted by atomic mass is 10.0. The van der Waals surface area contributed by atoms with Gasteiger partial charge in [0.05, 0.1) is 19.0 Å². The van der Waals surface area contributed by atoms with E-state index in [2.05, 4.69) is 9.97 Å². The van der Waals surface area contributed by atoms with E-state index in [1.54, 1.807) is 25.7 Å². The summed E-state index contributed by atoms with van der Waals surface area (Å²) in [5, 5.41) is 10.1. The minimum atomic E-state index is -0.756. The first-order valence-corrected chi connectivity index (χ1v) is 5.31. The number of methoxy groups -OCH3 is 1. The van der Waals surface area contributed by atoms with E-state index in [4.69, 9.17) is 4.74 Å². The molecule has 0 aliphatic carbocycles. The molecule has 0 saturated heterocycles. The van der Waals surface area contributed by atoms with Gasteiger partial charge in [-0.3, -0.25) is 9.97 Å². The lowest BCUT2D eigenvalue weighted by Gasteiger charge is -2.12. The summed E-state index contributed by atoms with van der Waals surface area (Å²) in [6.45, 7) is 1.94. The Balaban J connectivity index is 2.32. The molecule has 4 heteroatoms. The Morgan fingerprint density at radius 1 is 1.29 bits per heavy atom. The number of nitrogens with zero attached hydrogens (tertiary/aromatic N) is 2. The second-order valence-corrected chi connectivity index (χ2v) is 3.76. The Hall–Kier alpha value is -1.94. The summed E-state index contributed by atoms with van der Waals surface area (Å²) in [6, 6.07) is 5.55. The number of hydrogen-bond donors (Lipinski definition) is 1. The number of aromatic nitrogens is 2. The van der Waals surface area contributed by atoms with E-state index in [0.717, 1.165) is 16.9 Å². The topological polar surface area (TPSA) is 55.2 Å². The summed E-state index contributed by atoms with van der Waals surface area (Å²) < 4.78 is 5.18. The van der Waals surface area contributed by atoms with Gasteiger partial charge in [-0.15, -0.1) is 0 Å². The molecule has 0 spiro atoms. The maximum Gasteiger partial charge on any atom is 0.123 e. The highest BCUT2D eigenvalue weighted by atomic mass is 16.5. The van der Waals surface area contributed by atoms with Gasteiger partial charge in [0.15, 0.2) is 0 Å². The van der Waals surface area contributed by atoms with Crippen molar-refractivity contribution in [3.05, 3.63) is 53.6 Å². The van der Waals surface area contributed by atoms with Crippen LogP contribution in [0.3, 0.4) is 0 Å². The van der Waals surface area contributed by atoms with Crippen LogP contribution in [-0.4, -0.2) is 22.2 Å². The molecule has 4 nitrogen and oxygen atoms in total. The molecule has 1 aromatic heterocycles. The zero-order valence-corrected chi connectivity index (χ0v) is 9.79. The average molecular weight is 230 g/mol. The minimum Gasteiger partial charge on any atom is -0.496 e. The van der Waals surface area contributed by atoms with Crippen LogP contribution in [0.25, 0.3) is 0 Å². The summed E-state index contributed by atoms with van der Waals surface area (Å²) in [5.74, 6) is 0.806. The molecular weight excluding hydrogens is 216 g/mol. The molecule has 0 bridgehead atoms. The van der Waals surface area contributed by atoms with Crippen molar-refractivity contribution in [3.63, 3.8) is 0 Å². The summed E-state index contributed by atoms with van der Waals surface area (Å²) in [5.41, 5.74) is 2.30. The fourth-order valence-corrected chi connectivity index (χ4v) is 1.69. The first-order valence-electron chi connectivity index (χ1n) is 5.31. The van der Waals surface area contributed by atoms with Crippen molar-refractivity contribution in [2.24, 2.45) is 0 Å². The van der Waals surface area contributed by atoms with Gasteiger partial charge in [-0.1, -0.05) is 6.07 Å². The number of hydrogen-bond acceptors (Lipinski definition) is 4. The van der Waals surface area contributed by atoms with E-state index in [9.17, 15) is 5.11 Å². The average Bonchev–Trinajstić information content (AvgIpc) is 2.39. The Morgan fingerprint density at radius 2 is 2.12 bits per heavy atom. The Bertz CT molecular complexity index is 500. The van der Waals surface area contributed by atoms with E-state index in [1.807, 2.05) is 25.1 Å². The van der Waals surface area contributed by atoms with E-state index >= 15 is 0 Å². The zero-order valence-electron chi connectivity index (χ0n) is 9.79. The van der Waals surface area contributed by atoms with Gasteiger partial charge >= 0.3 is 0 Å². The molecule has 1 N–H and O–H groups in total. The second-order valence-electron chi connectivity index (χ2n) is 3.76. The van der Waals surface area contributed by atoms with Gasteiger partial charge < -0.3 is 9.84 Å². The molecule has 88 valence electrons. The van der Waals surface area contributed by atoms with Crippen LogP contribution < -0.4 is 4.74 Å². The molecule has 17 heavy (non-hydrogen) atoms. The van der Waals surface area contributed by atoms with Crippen LogP contribution in [0.1, 0.15) is 22.9 Å². The molecule has 1 atom stereocenters. The summed E-state index contributed by atoms with van der Waals surface area (Å²) in [4.78, 5) is 8.02. The molecule has 1 aromatic carbocycles. The van der Waals surface area contributed by atoms with Crippen molar-refractivity contribution in [1.29, 1.82) is 0 Å². The monoisotopic (exact) mass is 230 g/mol. The third kappa shape index (κ3) is 2.42. The van der Waals surface area contributed by atoms with E-state index < -0.39 is 6.10 Å². The molecule has 0 saturated carbocycles. The maximum absolute atomic E-state index is 10.1. The molecule has 0 aliphatic heterocycles. The molecular formula is C13H14N2O2. The summed E-state index contributed by atoms with van der Waals surface area (Å²) in [7, 11) is 1.63. The molecule has 1 unspecified atom stereocenters. The Morgan fingerprint density at radius 3 is 2.71 bits per heavy atom. The van der Waals surface area contributed by atoms with E-state index in [-0.39, 0.29) is 0 Å². The molecule has 2 rings (SSSR count). The van der Waals surface area contributed by atoms with Gasteiger partial charge in [0, 0.05) is 12.4 Å². The number of aryl methyl sites for hydroxylation is 1. The van der Waals surface area contributed by atoms with Crippen LogP contribution >= 0.6 is 0 Å². The third-order valence-electron chi connectivity index (χ3n) is 2.60. The number of rotatable bonds is 3. The number of aliphatic hydroxyl groups is 1. The van der Waals surface area contributed by atoms with Gasteiger partial charge in [-0.25, -0.2) is 0 Å². The SMILES string of the molecule is COc1ccc(C(O)c2cnccn2)cc1C. The lowest BCUT2D eigenvalue weighted by Crippen LogP contribution is -2.03. The highest BCUT2D eigenvalue weighted by Gasteiger charge is 2.12. The fraction of sp³-hybridized carbons (Fsp3) is 0.231. The Kier molecular flexibility index (Phi) is 3.35. The highest BCUT2D eigenvalue weighted by Crippen LogP contribution is 2.25. The van der Waals surface area contributed by atoms with E-state index in [0.29, 0.717) is 5.69 Å². The van der Waals surface area contributed by atoms with Crippen LogP contribution in [0.5, 0.6) is 5.75 Å². The normalized spacial score (nSPS) is 12.2. The number of benzene rings is 1. The van der Waals surface area contributed by atoms with Crippen LogP contribution in [0.2, 0.25) is 0 Å². The quantitative estimate of drug-likeness (QED) is 0.874. The van der Waals surface area contributed by atoms with Gasteiger partial charge in [-0.2, -0.15) is 0 Å². The molecule has 1 heterocycles. The van der Waals surface area contributed by atoms with Gasteiger partial charge in [0.25, 0.3) is 0 Å². The van der Waals surface area contributed by atoms with Crippen molar-refractivity contribution in [2.45, 2.75) is 13.0 Å². The van der Waals surface area contributed by atoms with Crippen LogP contribution in [0.15, 0.2) is 36.8 Å². The van der Waals surface area contributed by atoms with Crippen molar-refractivity contribution in [1.82, 2.24) is 9.97 Å².